The van der Waals surface area contributed by atoms with Crippen molar-refractivity contribution in [3.05, 3.63) is 35.9 Å². The van der Waals surface area contributed by atoms with E-state index in [1.54, 1.807) is 0 Å². The molecule has 0 radical (unpaired) electrons. The Morgan fingerprint density at radius 1 is 0.828 bits per heavy atom. The number of nitrogens with one attached hydrogen (secondary N) is 1. The van der Waals surface area contributed by atoms with Gasteiger partial charge in [0.25, 0.3) is 0 Å². The third-order valence-electron chi connectivity index (χ3n) is 6.86. The summed E-state index contributed by atoms with van der Waals surface area (Å²) in [5.74, 6) is 3.40. The minimum atomic E-state index is 0.889. The highest BCUT2D eigenvalue weighted by Gasteiger charge is 2.24. The van der Waals surface area contributed by atoms with Crippen molar-refractivity contribution in [3.8, 4) is 0 Å². The lowest BCUT2D eigenvalue weighted by Crippen LogP contribution is -2.41. The fourth-order valence-corrected chi connectivity index (χ4v) is 6.09. The van der Waals surface area contributed by atoms with Crippen LogP contribution < -0.4 is 5.32 Å². The van der Waals surface area contributed by atoms with Crippen LogP contribution in [0.3, 0.4) is 0 Å². The number of thioether (sulfide) groups is 1. The van der Waals surface area contributed by atoms with Crippen LogP contribution >= 0.6 is 11.8 Å². The van der Waals surface area contributed by atoms with Gasteiger partial charge in [-0.25, -0.2) is 0 Å². The molecule has 0 spiro atoms. The molecule has 2 aliphatic rings. The van der Waals surface area contributed by atoms with Crippen LogP contribution in [0.5, 0.6) is 0 Å². The van der Waals surface area contributed by atoms with E-state index in [-0.39, 0.29) is 0 Å². The molecule has 1 aromatic carbocycles. The van der Waals surface area contributed by atoms with Crippen LogP contribution in [-0.2, 0) is 5.75 Å². The van der Waals surface area contributed by atoms with Gasteiger partial charge in [0.2, 0.25) is 0 Å². The van der Waals surface area contributed by atoms with Gasteiger partial charge >= 0.3 is 0 Å². The van der Waals surface area contributed by atoms with Crippen molar-refractivity contribution in [3.63, 3.8) is 0 Å². The lowest BCUT2D eigenvalue weighted by molar-refractivity contribution is 0.119. The minimum Gasteiger partial charge on any atom is -0.317 e. The molecule has 2 fully saturated rings. The molecule has 2 nitrogen and oxygen atoms in total. The van der Waals surface area contributed by atoms with E-state index >= 15 is 0 Å². The first kappa shape index (κ1) is 23.2. The molecule has 1 aromatic rings. The zero-order valence-electron chi connectivity index (χ0n) is 18.6. The van der Waals surface area contributed by atoms with Gasteiger partial charge in [-0.2, -0.15) is 11.8 Å². The molecule has 29 heavy (non-hydrogen) atoms. The van der Waals surface area contributed by atoms with Crippen LogP contribution in [0.2, 0.25) is 0 Å². The summed E-state index contributed by atoms with van der Waals surface area (Å²) < 4.78 is 0. The number of hydrogen-bond acceptors (Lipinski definition) is 3. The van der Waals surface area contributed by atoms with Crippen LogP contribution in [-0.4, -0.2) is 42.9 Å². The van der Waals surface area contributed by atoms with Crippen molar-refractivity contribution in [1.82, 2.24) is 10.2 Å². The van der Waals surface area contributed by atoms with E-state index < -0.39 is 0 Å². The Morgan fingerprint density at radius 2 is 1.52 bits per heavy atom. The van der Waals surface area contributed by atoms with Gasteiger partial charge in [-0.15, -0.1) is 0 Å². The maximum Gasteiger partial charge on any atom is 0.0184 e. The summed E-state index contributed by atoms with van der Waals surface area (Å²) in [7, 11) is 0. The van der Waals surface area contributed by atoms with E-state index in [4.69, 9.17) is 0 Å². The molecular weight excluding hydrogens is 372 g/mol. The Bertz CT molecular complexity index is 509. The molecule has 0 heterocycles. The first-order valence-corrected chi connectivity index (χ1v) is 13.6. The van der Waals surface area contributed by atoms with Gasteiger partial charge in [0.05, 0.1) is 0 Å². The summed E-state index contributed by atoms with van der Waals surface area (Å²) in [6.07, 6.45) is 17.3. The van der Waals surface area contributed by atoms with Crippen LogP contribution in [0.1, 0.15) is 82.6 Å². The minimum absolute atomic E-state index is 0.889. The van der Waals surface area contributed by atoms with E-state index in [0.717, 1.165) is 17.7 Å². The van der Waals surface area contributed by atoms with Crippen LogP contribution in [0.25, 0.3) is 0 Å². The summed E-state index contributed by atoms with van der Waals surface area (Å²) in [5.41, 5.74) is 1.45. The van der Waals surface area contributed by atoms with Crippen molar-refractivity contribution >= 4 is 11.8 Å². The number of nitrogens with zero attached hydrogens (tertiary/aromatic N) is 1. The van der Waals surface area contributed by atoms with Gasteiger partial charge in [-0.1, -0.05) is 68.9 Å². The van der Waals surface area contributed by atoms with Crippen LogP contribution in [0.15, 0.2) is 30.3 Å². The molecule has 3 rings (SSSR count). The lowest BCUT2D eigenvalue weighted by Gasteiger charge is -2.37. The molecule has 3 heteroatoms. The van der Waals surface area contributed by atoms with Crippen LogP contribution in [0, 0.1) is 5.92 Å². The summed E-state index contributed by atoms with van der Waals surface area (Å²) >= 11 is 2.06. The average Bonchev–Trinajstić information content (AvgIpc) is 2.79. The second-order valence-corrected chi connectivity index (χ2v) is 10.4. The number of rotatable bonds is 13. The maximum atomic E-state index is 3.71. The lowest BCUT2D eigenvalue weighted by atomic mass is 9.87. The quantitative estimate of drug-likeness (QED) is 0.369. The van der Waals surface area contributed by atoms with Crippen molar-refractivity contribution in [1.29, 1.82) is 0 Å². The van der Waals surface area contributed by atoms with Crippen molar-refractivity contribution in [2.24, 2.45) is 5.92 Å². The molecule has 0 unspecified atom stereocenters. The van der Waals surface area contributed by atoms with Gasteiger partial charge in [-0.3, -0.25) is 0 Å². The monoisotopic (exact) mass is 416 g/mol. The summed E-state index contributed by atoms with van der Waals surface area (Å²) in [6, 6.07) is 11.7. The highest BCUT2D eigenvalue weighted by molar-refractivity contribution is 7.98. The SMILES string of the molecule is c1ccc(CSCCCNCCCN(CC2CCCCC2)C2CCCCC2)cc1. The molecule has 0 aromatic heterocycles. The fourth-order valence-electron chi connectivity index (χ4n) is 5.17. The standard InChI is InChI=1S/C26H44N2S/c1-4-12-24(13-5-1)22-28(26-16-8-3-9-17-26)20-10-18-27-19-11-21-29-23-25-14-6-2-7-15-25/h2,6-7,14-15,24,26-27H,1,3-5,8-13,16-23H2. The Kier molecular flexibility index (Phi) is 11.6. The largest absolute Gasteiger partial charge is 0.317 e. The Labute approximate surface area is 184 Å². The highest BCUT2D eigenvalue weighted by atomic mass is 32.2. The van der Waals surface area contributed by atoms with Gasteiger partial charge < -0.3 is 10.2 Å². The third kappa shape index (κ3) is 9.44. The second-order valence-electron chi connectivity index (χ2n) is 9.29. The fraction of sp³-hybridized carbons (Fsp3) is 0.769. The van der Waals surface area contributed by atoms with E-state index in [0.29, 0.717) is 0 Å². The first-order chi connectivity index (χ1) is 14.4. The molecule has 2 saturated carbocycles. The number of hydrogen-bond donors (Lipinski definition) is 1. The Morgan fingerprint density at radius 3 is 2.28 bits per heavy atom. The molecule has 0 atom stereocenters. The Hall–Kier alpha value is -0.510. The topological polar surface area (TPSA) is 15.3 Å². The normalized spacial score (nSPS) is 19.1. The molecule has 0 saturated heterocycles. The summed E-state index contributed by atoms with van der Waals surface area (Å²) in [6.45, 7) is 5.07. The van der Waals surface area contributed by atoms with Crippen LogP contribution in [0.4, 0.5) is 0 Å². The molecule has 0 bridgehead atoms. The number of benzene rings is 1. The predicted octanol–water partition coefficient (Wildman–Crippen LogP) is 6.50. The molecule has 0 amide bonds. The van der Waals surface area contributed by atoms with E-state index in [1.165, 1.54) is 115 Å². The third-order valence-corrected chi connectivity index (χ3v) is 7.98. The van der Waals surface area contributed by atoms with E-state index in [1.807, 2.05) is 0 Å². The zero-order chi connectivity index (χ0) is 20.0. The van der Waals surface area contributed by atoms with E-state index in [9.17, 15) is 0 Å². The van der Waals surface area contributed by atoms with Crippen molar-refractivity contribution < 1.29 is 0 Å². The molecule has 164 valence electrons. The molecular formula is C26H44N2S. The maximum absolute atomic E-state index is 3.71. The van der Waals surface area contributed by atoms with Gasteiger partial charge in [-0.05, 0) is 75.4 Å². The second kappa shape index (κ2) is 14.5. The highest BCUT2D eigenvalue weighted by Crippen LogP contribution is 2.28. The molecule has 1 N–H and O–H groups in total. The van der Waals surface area contributed by atoms with Crippen molar-refractivity contribution in [2.45, 2.75) is 88.8 Å². The van der Waals surface area contributed by atoms with E-state index in [2.05, 4.69) is 52.3 Å². The predicted molar refractivity (Wildman–Crippen MR) is 130 cm³/mol. The van der Waals surface area contributed by atoms with Gasteiger partial charge in [0.1, 0.15) is 0 Å². The Balaban J connectivity index is 1.25. The van der Waals surface area contributed by atoms with Crippen molar-refractivity contribution in [2.75, 3.05) is 31.9 Å². The summed E-state index contributed by atoms with van der Waals surface area (Å²) in [5, 5.41) is 3.71. The smallest absolute Gasteiger partial charge is 0.0184 e. The molecule has 2 aliphatic carbocycles. The first-order valence-electron chi connectivity index (χ1n) is 12.5. The zero-order valence-corrected chi connectivity index (χ0v) is 19.4. The average molecular weight is 417 g/mol. The van der Waals surface area contributed by atoms with Gasteiger partial charge in [0, 0.05) is 18.3 Å². The summed E-state index contributed by atoms with van der Waals surface area (Å²) in [4.78, 5) is 2.91. The molecule has 0 aliphatic heterocycles. The van der Waals surface area contributed by atoms with Gasteiger partial charge in [0.15, 0.2) is 0 Å².